The second-order valence-electron chi connectivity index (χ2n) is 4.54. The third-order valence-electron chi connectivity index (χ3n) is 3.02. The molecule has 1 aromatic carbocycles. The van der Waals surface area contributed by atoms with E-state index in [1.807, 2.05) is 0 Å². The fourth-order valence-electron chi connectivity index (χ4n) is 2.03. The molecule has 1 aliphatic rings. The number of thiazole rings is 1. The van der Waals surface area contributed by atoms with E-state index in [9.17, 15) is 9.18 Å². The fourth-order valence-corrected chi connectivity index (χ4v) is 2.99. The minimum absolute atomic E-state index is 0.149. The number of fused-ring (bicyclic) bond motifs is 1. The molecule has 0 spiro atoms. The standard InChI is InChI=1S/C14H13FN2O2S/c15-10-3-1-9(2-4-10)7-13(18)17-14-16-11-5-6-19-8-12(11)20-14/h1-4H,5-8H2,(H,16,17,18). The molecule has 1 aliphatic heterocycles. The molecule has 0 saturated heterocycles. The number of ether oxygens (including phenoxy) is 1. The van der Waals surface area contributed by atoms with Crippen LogP contribution in [0.1, 0.15) is 16.1 Å². The smallest absolute Gasteiger partial charge is 0.230 e. The zero-order chi connectivity index (χ0) is 13.9. The van der Waals surface area contributed by atoms with E-state index in [0.29, 0.717) is 18.3 Å². The Morgan fingerprint density at radius 2 is 2.20 bits per heavy atom. The van der Waals surface area contributed by atoms with Crippen LogP contribution in [-0.2, 0) is 29.0 Å². The predicted octanol–water partition coefficient (Wildman–Crippen LogP) is 2.54. The van der Waals surface area contributed by atoms with Crippen molar-refractivity contribution >= 4 is 22.4 Å². The van der Waals surface area contributed by atoms with Crippen molar-refractivity contribution in [1.82, 2.24) is 4.98 Å². The molecule has 0 saturated carbocycles. The molecule has 6 heteroatoms. The van der Waals surface area contributed by atoms with Crippen molar-refractivity contribution in [1.29, 1.82) is 0 Å². The highest BCUT2D eigenvalue weighted by molar-refractivity contribution is 7.15. The van der Waals surface area contributed by atoms with Gasteiger partial charge in [0.25, 0.3) is 0 Å². The number of nitrogens with zero attached hydrogens (tertiary/aromatic N) is 1. The van der Waals surface area contributed by atoms with Crippen LogP contribution < -0.4 is 5.32 Å². The lowest BCUT2D eigenvalue weighted by molar-refractivity contribution is -0.115. The van der Waals surface area contributed by atoms with E-state index in [-0.39, 0.29) is 18.1 Å². The molecule has 0 fully saturated rings. The van der Waals surface area contributed by atoms with Gasteiger partial charge in [-0.1, -0.05) is 23.5 Å². The van der Waals surface area contributed by atoms with E-state index in [1.54, 1.807) is 12.1 Å². The van der Waals surface area contributed by atoms with Gasteiger partial charge in [-0.05, 0) is 17.7 Å². The number of halogens is 1. The Kier molecular flexibility index (Phi) is 3.75. The minimum atomic E-state index is -0.304. The number of carbonyl (C=O) groups excluding carboxylic acids is 1. The van der Waals surface area contributed by atoms with Crippen LogP contribution in [0.4, 0.5) is 9.52 Å². The molecule has 0 unspecified atom stereocenters. The summed E-state index contributed by atoms with van der Waals surface area (Å²) in [6.07, 6.45) is 1.00. The third kappa shape index (κ3) is 3.02. The van der Waals surface area contributed by atoms with Crippen molar-refractivity contribution in [3.05, 3.63) is 46.2 Å². The van der Waals surface area contributed by atoms with Gasteiger partial charge in [0, 0.05) is 6.42 Å². The number of amides is 1. The van der Waals surface area contributed by atoms with Gasteiger partial charge in [0.05, 0.1) is 30.2 Å². The van der Waals surface area contributed by atoms with E-state index >= 15 is 0 Å². The highest BCUT2D eigenvalue weighted by Crippen LogP contribution is 2.27. The van der Waals surface area contributed by atoms with E-state index < -0.39 is 0 Å². The quantitative estimate of drug-likeness (QED) is 0.946. The summed E-state index contributed by atoms with van der Waals surface area (Å²) in [7, 11) is 0. The van der Waals surface area contributed by atoms with E-state index in [4.69, 9.17) is 4.74 Å². The summed E-state index contributed by atoms with van der Waals surface area (Å²) in [4.78, 5) is 17.4. The zero-order valence-electron chi connectivity index (χ0n) is 10.7. The summed E-state index contributed by atoms with van der Waals surface area (Å²) >= 11 is 1.45. The van der Waals surface area contributed by atoms with Crippen LogP contribution in [0.3, 0.4) is 0 Å². The van der Waals surface area contributed by atoms with Gasteiger partial charge in [0.2, 0.25) is 5.91 Å². The minimum Gasteiger partial charge on any atom is -0.375 e. The second-order valence-corrected chi connectivity index (χ2v) is 5.63. The molecule has 1 aromatic heterocycles. The van der Waals surface area contributed by atoms with Crippen molar-refractivity contribution in [3.63, 3.8) is 0 Å². The molecular weight excluding hydrogens is 279 g/mol. The topological polar surface area (TPSA) is 51.2 Å². The van der Waals surface area contributed by atoms with E-state index in [0.717, 1.165) is 22.6 Å². The molecule has 0 atom stereocenters. The summed E-state index contributed by atoms with van der Waals surface area (Å²) in [6.45, 7) is 1.25. The number of hydrogen-bond donors (Lipinski definition) is 1. The summed E-state index contributed by atoms with van der Waals surface area (Å²) in [5.41, 5.74) is 1.78. The van der Waals surface area contributed by atoms with Gasteiger partial charge >= 0.3 is 0 Å². The Balaban J connectivity index is 1.63. The van der Waals surface area contributed by atoms with Gasteiger partial charge in [0.15, 0.2) is 5.13 Å². The Bertz CT molecular complexity index is 601. The Hall–Kier alpha value is -1.79. The summed E-state index contributed by atoms with van der Waals surface area (Å²) in [5.74, 6) is -0.453. The molecule has 2 heterocycles. The monoisotopic (exact) mass is 292 g/mol. The number of hydrogen-bond acceptors (Lipinski definition) is 4. The molecule has 20 heavy (non-hydrogen) atoms. The van der Waals surface area contributed by atoms with Gasteiger partial charge in [-0.25, -0.2) is 9.37 Å². The van der Waals surface area contributed by atoms with Gasteiger partial charge in [0.1, 0.15) is 5.82 Å². The summed E-state index contributed by atoms with van der Waals surface area (Å²) in [5, 5.41) is 3.39. The first-order valence-electron chi connectivity index (χ1n) is 6.31. The molecule has 4 nitrogen and oxygen atoms in total. The van der Waals surface area contributed by atoms with Crippen molar-refractivity contribution in [2.75, 3.05) is 11.9 Å². The van der Waals surface area contributed by atoms with Crippen LogP contribution in [0.25, 0.3) is 0 Å². The Morgan fingerprint density at radius 1 is 1.40 bits per heavy atom. The first-order valence-corrected chi connectivity index (χ1v) is 7.13. The third-order valence-corrected chi connectivity index (χ3v) is 4.01. The van der Waals surface area contributed by atoms with Crippen LogP contribution in [-0.4, -0.2) is 17.5 Å². The van der Waals surface area contributed by atoms with Crippen molar-refractivity contribution in [3.8, 4) is 0 Å². The van der Waals surface area contributed by atoms with Crippen LogP contribution in [0, 0.1) is 5.82 Å². The zero-order valence-corrected chi connectivity index (χ0v) is 11.5. The van der Waals surface area contributed by atoms with Crippen LogP contribution in [0.15, 0.2) is 24.3 Å². The molecule has 2 aromatic rings. The van der Waals surface area contributed by atoms with E-state index in [1.165, 1.54) is 23.5 Å². The van der Waals surface area contributed by atoms with Gasteiger partial charge in [-0.2, -0.15) is 0 Å². The summed E-state index contributed by atoms with van der Waals surface area (Å²) < 4.78 is 18.1. The average Bonchev–Trinajstić information content (AvgIpc) is 2.83. The fraction of sp³-hybridized carbons (Fsp3) is 0.286. The summed E-state index contributed by atoms with van der Waals surface area (Å²) in [6, 6.07) is 5.91. The normalized spacial score (nSPS) is 13.8. The molecule has 3 rings (SSSR count). The maximum atomic E-state index is 12.8. The lowest BCUT2D eigenvalue weighted by Crippen LogP contribution is -2.14. The van der Waals surface area contributed by atoms with Gasteiger partial charge < -0.3 is 10.1 Å². The molecular formula is C14H13FN2O2S. The average molecular weight is 292 g/mol. The van der Waals surface area contributed by atoms with Crippen LogP contribution in [0.2, 0.25) is 0 Å². The molecule has 0 aliphatic carbocycles. The Labute approximate surface area is 119 Å². The lowest BCUT2D eigenvalue weighted by Gasteiger charge is -2.08. The molecule has 104 valence electrons. The number of rotatable bonds is 3. The second kappa shape index (κ2) is 5.68. The Morgan fingerprint density at radius 3 is 2.95 bits per heavy atom. The van der Waals surface area contributed by atoms with Crippen LogP contribution >= 0.6 is 11.3 Å². The van der Waals surface area contributed by atoms with Crippen molar-refractivity contribution < 1.29 is 13.9 Å². The maximum absolute atomic E-state index is 12.8. The molecule has 0 radical (unpaired) electrons. The highest BCUT2D eigenvalue weighted by Gasteiger charge is 2.16. The first-order chi connectivity index (χ1) is 9.70. The molecule has 0 bridgehead atoms. The largest absolute Gasteiger partial charge is 0.375 e. The SMILES string of the molecule is O=C(Cc1ccc(F)cc1)Nc1nc2c(s1)COCC2. The number of carbonyl (C=O) groups is 1. The van der Waals surface area contributed by atoms with Gasteiger partial charge in [-0.15, -0.1) is 0 Å². The predicted molar refractivity (Wildman–Crippen MR) is 74.2 cm³/mol. The van der Waals surface area contributed by atoms with Gasteiger partial charge in [-0.3, -0.25) is 4.79 Å². The van der Waals surface area contributed by atoms with Crippen molar-refractivity contribution in [2.24, 2.45) is 0 Å². The first kappa shape index (κ1) is 13.2. The number of anilines is 1. The number of aromatic nitrogens is 1. The molecule has 1 amide bonds. The highest BCUT2D eigenvalue weighted by atomic mass is 32.1. The number of nitrogens with one attached hydrogen (secondary N) is 1. The lowest BCUT2D eigenvalue weighted by atomic mass is 10.1. The van der Waals surface area contributed by atoms with Crippen molar-refractivity contribution in [2.45, 2.75) is 19.4 Å². The number of benzene rings is 1. The maximum Gasteiger partial charge on any atom is 0.230 e. The molecule has 1 N–H and O–H groups in total. The van der Waals surface area contributed by atoms with E-state index in [2.05, 4.69) is 10.3 Å². The van der Waals surface area contributed by atoms with Crippen LogP contribution in [0.5, 0.6) is 0 Å².